The zero-order valence-electron chi connectivity index (χ0n) is 18.4. The standard InChI is InChI=1S/C24H31N5O2/c1-27(2)18-20-17-25-23-8-12-26-29(23)22(20)16-19-9-13-28(14-10-19)24(30)11-15-31-21-6-4-3-5-7-21/h3-8,12,17,19H,9-11,13-16,18H2,1-2H3. The summed E-state index contributed by atoms with van der Waals surface area (Å²) in [6.07, 6.45) is 7.20. The Morgan fingerprint density at radius 2 is 1.94 bits per heavy atom. The van der Waals surface area contributed by atoms with Crippen molar-refractivity contribution in [3.8, 4) is 5.75 Å². The summed E-state index contributed by atoms with van der Waals surface area (Å²) in [7, 11) is 4.14. The lowest BCUT2D eigenvalue weighted by molar-refractivity contribution is -0.133. The van der Waals surface area contributed by atoms with Gasteiger partial charge in [-0.25, -0.2) is 9.50 Å². The summed E-state index contributed by atoms with van der Waals surface area (Å²) in [5.74, 6) is 1.53. The Morgan fingerprint density at radius 1 is 1.16 bits per heavy atom. The first kappa shape index (κ1) is 21.3. The van der Waals surface area contributed by atoms with Crippen LogP contribution in [0.4, 0.5) is 0 Å². The normalized spacial score (nSPS) is 15.0. The highest BCUT2D eigenvalue weighted by molar-refractivity contribution is 5.76. The molecule has 3 heterocycles. The van der Waals surface area contributed by atoms with E-state index in [4.69, 9.17) is 4.74 Å². The Bertz CT molecular complexity index is 994. The van der Waals surface area contributed by atoms with Crippen molar-refractivity contribution in [3.63, 3.8) is 0 Å². The average Bonchev–Trinajstić information content (AvgIpc) is 3.25. The molecule has 0 aliphatic carbocycles. The Hall–Kier alpha value is -2.93. The van der Waals surface area contributed by atoms with Crippen LogP contribution in [0.25, 0.3) is 5.65 Å². The molecular weight excluding hydrogens is 390 g/mol. The first-order valence-corrected chi connectivity index (χ1v) is 11.0. The fourth-order valence-corrected chi connectivity index (χ4v) is 4.24. The van der Waals surface area contributed by atoms with Gasteiger partial charge >= 0.3 is 0 Å². The number of hydrogen-bond acceptors (Lipinski definition) is 5. The number of ether oxygens (including phenoxy) is 1. The van der Waals surface area contributed by atoms with Crippen LogP contribution in [0.2, 0.25) is 0 Å². The van der Waals surface area contributed by atoms with E-state index in [1.165, 1.54) is 11.3 Å². The maximum Gasteiger partial charge on any atom is 0.225 e. The van der Waals surface area contributed by atoms with Gasteiger partial charge in [-0.05, 0) is 51.4 Å². The Labute approximate surface area is 183 Å². The topological polar surface area (TPSA) is 63.0 Å². The lowest BCUT2D eigenvalue weighted by atomic mass is 9.90. The van der Waals surface area contributed by atoms with Crippen LogP contribution >= 0.6 is 0 Å². The van der Waals surface area contributed by atoms with Gasteiger partial charge in [0.25, 0.3) is 0 Å². The summed E-state index contributed by atoms with van der Waals surface area (Å²) < 4.78 is 7.66. The molecule has 1 amide bonds. The van der Waals surface area contributed by atoms with Crippen molar-refractivity contribution in [1.29, 1.82) is 0 Å². The summed E-state index contributed by atoms with van der Waals surface area (Å²) in [5.41, 5.74) is 3.35. The fourth-order valence-electron chi connectivity index (χ4n) is 4.24. The monoisotopic (exact) mass is 421 g/mol. The minimum absolute atomic E-state index is 0.182. The molecule has 1 saturated heterocycles. The van der Waals surface area contributed by atoms with E-state index in [0.29, 0.717) is 18.9 Å². The van der Waals surface area contributed by atoms with Gasteiger partial charge in [0.2, 0.25) is 5.91 Å². The minimum atomic E-state index is 0.182. The molecule has 1 aromatic carbocycles. The molecule has 0 spiro atoms. The smallest absolute Gasteiger partial charge is 0.225 e. The Morgan fingerprint density at radius 3 is 2.68 bits per heavy atom. The number of likely N-dealkylation sites (tertiary alicyclic amines) is 1. The zero-order chi connectivity index (χ0) is 21.6. The van der Waals surface area contributed by atoms with Gasteiger partial charge in [-0.1, -0.05) is 18.2 Å². The quantitative estimate of drug-likeness (QED) is 0.559. The second kappa shape index (κ2) is 9.92. The van der Waals surface area contributed by atoms with Gasteiger partial charge < -0.3 is 14.5 Å². The van der Waals surface area contributed by atoms with Crippen LogP contribution in [0, 0.1) is 5.92 Å². The number of para-hydroxylation sites is 1. The molecule has 1 aliphatic heterocycles. The van der Waals surface area contributed by atoms with Crippen LogP contribution in [0.3, 0.4) is 0 Å². The Kier molecular flexibility index (Phi) is 6.82. The number of hydrogen-bond donors (Lipinski definition) is 0. The largest absolute Gasteiger partial charge is 0.493 e. The van der Waals surface area contributed by atoms with E-state index in [2.05, 4.69) is 29.1 Å². The third-order valence-corrected chi connectivity index (χ3v) is 5.87. The number of nitrogens with zero attached hydrogens (tertiary/aromatic N) is 5. The molecule has 164 valence electrons. The van der Waals surface area contributed by atoms with Gasteiger partial charge in [0.1, 0.15) is 5.75 Å². The highest BCUT2D eigenvalue weighted by Crippen LogP contribution is 2.24. The molecule has 0 N–H and O–H groups in total. The number of amides is 1. The molecule has 31 heavy (non-hydrogen) atoms. The molecule has 1 aliphatic rings. The second-order valence-corrected chi connectivity index (χ2v) is 8.51. The summed E-state index contributed by atoms with van der Waals surface area (Å²) in [5, 5.41) is 4.51. The average molecular weight is 422 g/mol. The van der Waals surface area contributed by atoms with Gasteiger partial charge in [-0.3, -0.25) is 4.79 Å². The van der Waals surface area contributed by atoms with Gasteiger partial charge in [0.05, 0.1) is 24.9 Å². The number of rotatable bonds is 8. The van der Waals surface area contributed by atoms with Gasteiger partial charge in [-0.15, -0.1) is 0 Å². The zero-order valence-corrected chi connectivity index (χ0v) is 18.4. The van der Waals surface area contributed by atoms with E-state index in [1.54, 1.807) is 0 Å². The van der Waals surface area contributed by atoms with Crippen molar-refractivity contribution in [3.05, 3.63) is 60.0 Å². The molecule has 4 rings (SSSR count). The van der Waals surface area contributed by atoms with E-state index < -0.39 is 0 Å². The summed E-state index contributed by atoms with van der Waals surface area (Å²) in [6.45, 7) is 2.89. The molecule has 2 aromatic heterocycles. The van der Waals surface area contributed by atoms with Crippen molar-refractivity contribution in [1.82, 2.24) is 24.4 Å². The number of piperidine rings is 1. The molecule has 0 unspecified atom stereocenters. The highest BCUT2D eigenvalue weighted by atomic mass is 16.5. The summed E-state index contributed by atoms with van der Waals surface area (Å²) >= 11 is 0. The van der Waals surface area contributed by atoms with Crippen molar-refractivity contribution >= 4 is 11.6 Å². The van der Waals surface area contributed by atoms with E-state index in [-0.39, 0.29) is 5.91 Å². The maximum atomic E-state index is 12.6. The molecule has 0 saturated carbocycles. The molecule has 1 fully saturated rings. The van der Waals surface area contributed by atoms with Crippen LogP contribution in [-0.4, -0.2) is 64.1 Å². The lowest BCUT2D eigenvalue weighted by Crippen LogP contribution is -2.39. The van der Waals surface area contributed by atoms with Crippen LogP contribution < -0.4 is 4.74 Å². The predicted octanol–water partition coefficient (Wildman–Crippen LogP) is 3.04. The molecule has 7 heteroatoms. The number of benzene rings is 1. The summed E-state index contributed by atoms with van der Waals surface area (Å²) in [4.78, 5) is 21.3. The number of fused-ring (bicyclic) bond motifs is 1. The fraction of sp³-hybridized carbons (Fsp3) is 0.458. The molecule has 0 bridgehead atoms. The minimum Gasteiger partial charge on any atom is -0.493 e. The van der Waals surface area contributed by atoms with Crippen molar-refractivity contribution in [2.24, 2.45) is 5.92 Å². The highest BCUT2D eigenvalue weighted by Gasteiger charge is 2.24. The lowest BCUT2D eigenvalue weighted by Gasteiger charge is -2.32. The number of carbonyl (C=O) groups excluding carboxylic acids is 1. The van der Waals surface area contributed by atoms with Crippen molar-refractivity contribution in [2.45, 2.75) is 32.2 Å². The second-order valence-electron chi connectivity index (χ2n) is 8.51. The first-order valence-electron chi connectivity index (χ1n) is 11.0. The Balaban J connectivity index is 1.31. The van der Waals surface area contributed by atoms with Crippen LogP contribution in [-0.2, 0) is 17.8 Å². The SMILES string of the molecule is CN(C)Cc1cnc2ccnn2c1CC1CCN(C(=O)CCOc2ccccc2)CC1. The first-order chi connectivity index (χ1) is 15.1. The van der Waals surface area contributed by atoms with E-state index in [9.17, 15) is 4.79 Å². The molecule has 0 radical (unpaired) electrons. The van der Waals surface area contributed by atoms with Crippen LogP contribution in [0.15, 0.2) is 48.8 Å². The predicted molar refractivity (Wildman–Crippen MR) is 120 cm³/mol. The van der Waals surface area contributed by atoms with E-state index >= 15 is 0 Å². The third kappa shape index (κ3) is 5.41. The van der Waals surface area contributed by atoms with Gasteiger partial charge in [0, 0.05) is 37.5 Å². The number of carbonyl (C=O) groups is 1. The van der Waals surface area contributed by atoms with Gasteiger partial charge in [-0.2, -0.15) is 5.10 Å². The maximum absolute atomic E-state index is 12.6. The van der Waals surface area contributed by atoms with E-state index in [0.717, 1.165) is 50.3 Å². The molecule has 3 aromatic rings. The van der Waals surface area contributed by atoms with Crippen molar-refractivity contribution < 1.29 is 9.53 Å². The molecule has 7 nitrogen and oxygen atoms in total. The van der Waals surface area contributed by atoms with Crippen LogP contribution in [0.5, 0.6) is 5.75 Å². The molecular formula is C24H31N5O2. The number of aromatic nitrogens is 3. The van der Waals surface area contributed by atoms with Crippen molar-refractivity contribution in [2.75, 3.05) is 33.8 Å². The van der Waals surface area contributed by atoms with E-state index in [1.807, 2.05) is 58.2 Å². The van der Waals surface area contributed by atoms with Crippen LogP contribution in [0.1, 0.15) is 30.5 Å². The third-order valence-electron chi connectivity index (χ3n) is 5.87. The van der Waals surface area contributed by atoms with Gasteiger partial charge in [0.15, 0.2) is 5.65 Å². The summed E-state index contributed by atoms with van der Waals surface area (Å²) in [6, 6.07) is 11.6. The molecule has 0 atom stereocenters.